The minimum atomic E-state index is -0.237. The first-order chi connectivity index (χ1) is 8.80. The minimum absolute atomic E-state index is 0.237. The smallest absolute Gasteiger partial charge is 0.138 e. The van der Waals surface area contributed by atoms with Crippen LogP contribution in [-0.2, 0) is 4.79 Å². The van der Waals surface area contributed by atoms with E-state index >= 15 is 0 Å². The molecule has 0 heterocycles. The van der Waals surface area contributed by atoms with Crippen molar-refractivity contribution in [1.82, 2.24) is 5.32 Å². The fourth-order valence-electron chi connectivity index (χ4n) is 2.08. The van der Waals surface area contributed by atoms with Crippen LogP contribution in [0, 0.1) is 5.41 Å². The molecule has 0 radical (unpaired) electrons. The van der Waals surface area contributed by atoms with E-state index in [2.05, 4.69) is 43.4 Å². The Labute approximate surface area is 117 Å². The first-order valence-electron chi connectivity index (χ1n) is 7.15. The van der Waals surface area contributed by atoms with Crippen LogP contribution in [0.5, 0.6) is 0 Å². The van der Waals surface area contributed by atoms with E-state index in [1.807, 2.05) is 26.8 Å². The van der Waals surface area contributed by atoms with E-state index in [4.69, 9.17) is 0 Å². The van der Waals surface area contributed by atoms with Crippen molar-refractivity contribution in [3.05, 3.63) is 35.9 Å². The van der Waals surface area contributed by atoms with Crippen molar-refractivity contribution >= 4 is 5.78 Å². The molecule has 1 unspecified atom stereocenters. The van der Waals surface area contributed by atoms with Crippen molar-refractivity contribution < 1.29 is 4.79 Å². The molecule has 0 bridgehead atoms. The van der Waals surface area contributed by atoms with Crippen molar-refractivity contribution in [2.75, 3.05) is 0 Å². The molecule has 0 fully saturated rings. The van der Waals surface area contributed by atoms with Crippen LogP contribution in [0.1, 0.15) is 59.1 Å². The summed E-state index contributed by atoms with van der Waals surface area (Å²) >= 11 is 0. The number of hydrogen-bond acceptors (Lipinski definition) is 2. The molecule has 1 atom stereocenters. The van der Waals surface area contributed by atoms with E-state index in [1.165, 1.54) is 5.56 Å². The van der Waals surface area contributed by atoms with Crippen LogP contribution < -0.4 is 5.32 Å². The van der Waals surface area contributed by atoms with Gasteiger partial charge in [-0.15, -0.1) is 0 Å². The molecule has 0 aromatic heterocycles. The second-order valence-corrected chi connectivity index (χ2v) is 6.50. The van der Waals surface area contributed by atoms with Crippen LogP contribution in [0.2, 0.25) is 0 Å². The van der Waals surface area contributed by atoms with Crippen LogP contribution in [-0.4, -0.2) is 11.8 Å². The SMILES string of the molecule is CC(C)NC(CCC(=O)C(C)(C)C)c1ccccc1. The summed E-state index contributed by atoms with van der Waals surface area (Å²) in [5.74, 6) is 0.332. The van der Waals surface area contributed by atoms with E-state index in [-0.39, 0.29) is 11.5 Å². The van der Waals surface area contributed by atoms with Gasteiger partial charge in [-0.1, -0.05) is 65.0 Å². The normalized spacial score (nSPS) is 13.6. The Morgan fingerprint density at radius 2 is 1.74 bits per heavy atom. The molecule has 0 aliphatic rings. The topological polar surface area (TPSA) is 29.1 Å². The number of nitrogens with one attached hydrogen (secondary N) is 1. The molecule has 1 aromatic rings. The van der Waals surface area contributed by atoms with Crippen LogP contribution in [0.15, 0.2) is 30.3 Å². The summed E-state index contributed by atoms with van der Waals surface area (Å²) in [6.45, 7) is 10.2. The first kappa shape index (κ1) is 15.9. The molecule has 2 nitrogen and oxygen atoms in total. The number of hydrogen-bond donors (Lipinski definition) is 1. The third-order valence-corrected chi connectivity index (χ3v) is 3.23. The van der Waals surface area contributed by atoms with E-state index in [0.717, 1.165) is 6.42 Å². The largest absolute Gasteiger partial charge is 0.308 e. The highest BCUT2D eigenvalue weighted by molar-refractivity contribution is 5.83. The molecule has 1 rings (SSSR count). The van der Waals surface area contributed by atoms with E-state index < -0.39 is 0 Å². The van der Waals surface area contributed by atoms with Crippen molar-refractivity contribution in [2.24, 2.45) is 5.41 Å². The Hall–Kier alpha value is -1.15. The zero-order chi connectivity index (χ0) is 14.5. The Kier molecular flexibility index (Phi) is 5.74. The standard InChI is InChI=1S/C17H27NO/c1-13(2)18-15(14-9-7-6-8-10-14)11-12-16(19)17(3,4)5/h6-10,13,15,18H,11-12H2,1-5H3. The van der Waals surface area contributed by atoms with Crippen LogP contribution in [0.4, 0.5) is 0 Å². The molecule has 1 aromatic carbocycles. The summed E-state index contributed by atoms with van der Waals surface area (Å²) < 4.78 is 0. The van der Waals surface area contributed by atoms with Gasteiger partial charge in [-0.25, -0.2) is 0 Å². The second-order valence-electron chi connectivity index (χ2n) is 6.50. The number of benzene rings is 1. The zero-order valence-electron chi connectivity index (χ0n) is 12.9. The lowest BCUT2D eigenvalue weighted by Gasteiger charge is -2.23. The summed E-state index contributed by atoms with van der Waals surface area (Å²) in [5.41, 5.74) is 1.02. The molecule has 1 N–H and O–H groups in total. The third-order valence-electron chi connectivity index (χ3n) is 3.23. The predicted octanol–water partition coefficient (Wildman–Crippen LogP) is 4.12. The quantitative estimate of drug-likeness (QED) is 0.834. The third kappa shape index (κ3) is 5.56. The molecular weight excluding hydrogens is 234 g/mol. The van der Waals surface area contributed by atoms with Crippen molar-refractivity contribution in [2.45, 2.75) is 59.5 Å². The molecule has 0 aliphatic heterocycles. The van der Waals surface area contributed by atoms with E-state index in [1.54, 1.807) is 0 Å². The molecule has 0 saturated heterocycles. The molecule has 0 aliphatic carbocycles. The highest BCUT2D eigenvalue weighted by atomic mass is 16.1. The summed E-state index contributed by atoms with van der Waals surface area (Å²) in [7, 11) is 0. The zero-order valence-corrected chi connectivity index (χ0v) is 12.9. The number of ketones is 1. The number of carbonyl (C=O) groups excluding carboxylic acids is 1. The Bertz CT molecular complexity index is 389. The summed E-state index contributed by atoms with van der Waals surface area (Å²) in [5, 5.41) is 3.55. The highest BCUT2D eigenvalue weighted by Gasteiger charge is 2.22. The lowest BCUT2D eigenvalue weighted by Crippen LogP contribution is -2.29. The maximum Gasteiger partial charge on any atom is 0.138 e. The average molecular weight is 261 g/mol. The van der Waals surface area contributed by atoms with E-state index in [9.17, 15) is 4.79 Å². The van der Waals surface area contributed by atoms with Gasteiger partial charge in [0.1, 0.15) is 5.78 Å². The van der Waals surface area contributed by atoms with Crippen LogP contribution >= 0.6 is 0 Å². The van der Waals surface area contributed by atoms with Crippen LogP contribution in [0.3, 0.4) is 0 Å². The van der Waals surface area contributed by atoms with Crippen LogP contribution in [0.25, 0.3) is 0 Å². The van der Waals surface area contributed by atoms with Gasteiger partial charge in [-0.3, -0.25) is 4.79 Å². The maximum atomic E-state index is 12.1. The molecule has 0 saturated carbocycles. The molecule has 106 valence electrons. The van der Waals surface area contributed by atoms with Gasteiger partial charge in [0.15, 0.2) is 0 Å². The monoisotopic (exact) mass is 261 g/mol. The molecule has 0 amide bonds. The molecule has 0 spiro atoms. The number of carbonyl (C=O) groups is 1. The molecule has 2 heteroatoms. The van der Waals surface area contributed by atoms with Gasteiger partial charge in [-0.2, -0.15) is 0 Å². The van der Waals surface area contributed by atoms with Gasteiger partial charge in [0.25, 0.3) is 0 Å². The fourth-order valence-corrected chi connectivity index (χ4v) is 2.08. The van der Waals surface area contributed by atoms with Gasteiger partial charge in [0.05, 0.1) is 0 Å². The van der Waals surface area contributed by atoms with Gasteiger partial charge < -0.3 is 5.32 Å². The molecular formula is C17H27NO. The van der Waals surface area contributed by atoms with Gasteiger partial charge in [0.2, 0.25) is 0 Å². The Morgan fingerprint density at radius 3 is 2.21 bits per heavy atom. The Balaban J connectivity index is 2.69. The summed E-state index contributed by atoms with van der Waals surface area (Å²) in [6.07, 6.45) is 1.49. The lowest BCUT2D eigenvalue weighted by molar-refractivity contribution is -0.126. The van der Waals surface area contributed by atoms with E-state index in [0.29, 0.717) is 18.2 Å². The van der Waals surface area contributed by atoms with Crippen molar-refractivity contribution in [3.63, 3.8) is 0 Å². The second kappa shape index (κ2) is 6.85. The molecule has 19 heavy (non-hydrogen) atoms. The minimum Gasteiger partial charge on any atom is -0.308 e. The summed E-state index contributed by atoms with van der Waals surface area (Å²) in [4.78, 5) is 12.1. The lowest BCUT2D eigenvalue weighted by atomic mass is 9.86. The first-order valence-corrected chi connectivity index (χ1v) is 7.15. The predicted molar refractivity (Wildman–Crippen MR) is 81.2 cm³/mol. The maximum absolute atomic E-state index is 12.1. The van der Waals surface area contributed by atoms with Crippen molar-refractivity contribution in [3.8, 4) is 0 Å². The Morgan fingerprint density at radius 1 is 1.16 bits per heavy atom. The average Bonchev–Trinajstić information content (AvgIpc) is 2.33. The summed E-state index contributed by atoms with van der Waals surface area (Å²) in [6, 6.07) is 11.0. The highest BCUT2D eigenvalue weighted by Crippen LogP contribution is 2.23. The number of Topliss-reactive ketones (excluding diaryl/α,β-unsaturated/α-hetero) is 1. The van der Waals surface area contributed by atoms with Gasteiger partial charge in [0, 0.05) is 23.9 Å². The fraction of sp³-hybridized carbons (Fsp3) is 0.588. The van der Waals surface area contributed by atoms with Gasteiger partial charge in [-0.05, 0) is 12.0 Å². The van der Waals surface area contributed by atoms with Crippen molar-refractivity contribution in [1.29, 1.82) is 0 Å². The van der Waals surface area contributed by atoms with Gasteiger partial charge >= 0.3 is 0 Å². The number of rotatable bonds is 6.